The van der Waals surface area contributed by atoms with Crippen molar-refractivity contribution < 1.29 is 0 Å². The average Bonchev–Trinajstić information content (AvgIpc) is 3.04. The molecular formula is C21H18N2. The van der Waals surface area contributed by atoms with Crippen molar-refractivity contribution in [2.45, 2.75) is 13.8 Å². The van der Waals surface area contributed by atoms with E-state index >= 15 is 0 Å². The van der Waals surface area contributed by atoms with Gasteiger partial charge >= 0.3 is 0 Å². The molecule has 1 heterocycles. The molecule has 112 valence electrons. The van der Waals surface area contributed by atoms with E-state index in [4.69, 9.17) is 0 Å². The van der Waals surface area contributed by atoms with Gasteiger partial charge in [0.2, 0.25) is 0 Å². The Morgan fingerprint density at radius 1 is 0.826 bits per heavy atom. The normalized spacial score (nSPS) is 11.0. The molecule has 0 atom stereocenters. The van der Waals surface area contributed by atoms with Crippen LogP contribution in [0.3, 0.4) is 0 Å². The highest BCUT2D eigenvalue weighted by molar-refractivity contribution is 5.86. The summed E-state index contributed by atoms with van der Waals surface area (Å²) in [4.78, 5) is 4.60. The van der Waals surface area contributed by atoms with Gasteiger partial charge in [-0.15, -0.1) is 0 Å². The van der Waals surface area contributed by atoms with Gasteiger partial charge in [0.25, 0.3) is 0 Å². The van der Waals surface area contributed by atoms with Crippen molar-refractivity contribution in [2.75, 3.05) is 0 Å². The first-order chi connectivity index (χ1) is 11.2. The number of fused-ring (bicyclic) bond motifs is 1. The molecule has 0 unspecified atom stereocenters. The second-order valence-electron chi connectivity index (χ2n) is 5.97. The monoisotopic (exact) mass is 298 g/mol. The number of imidazole rings is 1. The van der Waals surface area contributed by atoms with E-state index in [9.17, 15) is 0 Å². The summed E-state index contributed by atoms with van der Waals surface area (Å²) in [6.45, 7) is 4.27. The first-order valence-corrected chi connectivity index (χ1v) is 7.82. The summed E-state index contributed by atoms with van der Waals surface area (Å²) in [7, 11) is 0. The SMILES string of the molecule is Cc1ccc(-n2ccnc2-c2ccc3ccccc3c2)c(C)c1. The smallest absolute Gasteiger partial charge is 0.144 e. The first kappa shape index (κ1) is 13.8. The topological polar surface area (TPSA) is 17.8 Å². The van der Waals surface area contributed by atoms with Crippen LogP contribution in [-0.4, -0.2) is 9.55 Å². The van der Waals surface area contributed by atoms with Gasteiger partial charge in [-0.05, 0) is 42.3 Å². The molecule has 0 fully saturated rings. The lowest BCUT2D eigenvalue weighted by molar-refractivity contribution is 1.05. The molecule has 0 aliphatic heterocycles. The molecule has 2 heteroatoms. The van der Waals surface area contributed by atoms with Crippen molar-refractivity contribution >= 4 is 10.8 Å². The minimum absolute atomic E-state index is 0.975. The third-order valence-electron chi connectivity index (χ3n) is 4.26. The van der Waals surface area contributed by atoms with Crippen molar-refractivity contribution in [2.24, 2.45) is 0 Å². The molecule has 2 nitrogen and oxygen atoms in total. The van der Waals surface area contributed by atoms with Crippen LogP contribution in [-0.2, 0) is 0 Å². The van der Waals surface area contributed by atoms with Gasteiger partial charge in [-0.2, -0.15) is 0 Å². The standard InChI is InChI=1S/C21H18N2/c1-15-7-10-20(16(2)13-15)23-12-11-22-21(23)19-9-8-17-5-3-4-6-18(17)14-19/h3-14H,1-2H3. The molecule has 0 saturated heterocycles. The Hall–Kier alpha value is -2.87. The predicted molar refractivity (Wildman–Crippen MR) is 96.0 cm³/mol. The summed E-state index contributed by atoms with van der Waals surface area (Å²) >= 11 is 0. The van der Waals surface area contributed by atoms with Crippen molar-refractivity contribution in [3.8, 4) is 17.1 Å². The Labute approximate surface area is 136 Å². The van der Waals surface area contributed by atoms with Gasteiger partial charge in [0.1, 0.15) is 5.82 Å². The third-order valence-corrected chi connectivity index (χ3v) is 4.26. The van der Waals surface area contributed by atoms with E-state index in [1.165, 1.54) is 27.6 Å². The highest BCUT2D eigenvalue weighted by Crippen LogP contribution is 2.26. The number of hydrogen-bond donors (Lipinski definition) is 0. The summed E-state index contributed by atoms with van der Waals surface area (Å²) in [5.41, 5.74) is 4.84. The van der Waals surface area contributed by atoms with E-state index < -0.39 is 0 Å². The van der Waals surface area contributed by atoms with Crippen LogP contribution < -0.4 is 0 Å². The predicted octanol–water partition coefficient (Wildman–Crippen LogP) is 5.31. The first-order valence-electron chi connectivity index (χ1n) is 7.82. The summed E-state index contributed by atoms with van der Waals surface area (Å²) in [6, 6.07) is 21.4. The fourth-order valence-electron chi connectivity index (χ4n) is 3.12. The van der Waals surface area contributed by atoms with E-state index in [2.05, 4.69) is 84.1 Å². The lowest BCUT2D eigenvalue weighted by atomic mass is 10.1. The molecule has 4 rings (SSSR count). The molecule has 0 saturated carbocycles. The molecule has 0 N–H and O–H groups in total. The molecule has 3 aromatic carbocycles. The van der Waals surface area contributed by atoms with E-state index in [1.807, 2.05) is 12.4 Å². The zero-order valence-corrected chi connectivity index (χ0v) is 13.3. The van der Waals surface area contributed by atoms with Crippen molar-refractivity contribution in [1.82, 2.24) is 9.55 Å². The molecule has 23 heavy (non-hydrogen) atoms. The highest BCUT2D eigenvalue weighted by atomic mass is 15.1. The number of rotatable bonds is 2. The zero-order valence-electron chi connectivity index (χ0n) is 13.3. The molecule has 0 amide bonds. The maximum absolute atomic E-state index is 4.60. The fourth-order valence-corrected chi connectivity index (χ4v) is 3.12. The average molecular weight is 298 g/mol. The van der Waals surface area contributed by atoms with Crippen LogP contribution in [0.5, 0.6) is 0 Å². The van der Waals surface area contributed by atoms with Gasteiger partial charge in [0.05, 0.1) is 0 Å². The number of hydrogen-bond acceptors (Lipinski definition) is 1. The molecule has 0 bridgehead atoms. The Morgan fingerprint density at radius 2 is 1.65 bits per heavy atom. The van der Waals surface area contributed by atoms with Crippen LogP contribution in [0, 0.1) is 13.8 Å². The van der Waals surface area contributed by atoms with Gasteiger partial charge in [0, 0.05) is 23.6 Å². The molecule has 0 radical (unpaired) electrons. The lowest BCUT2D eigenvalue weighted by Crippen LogP contribution is -1.99. The fraction of sp³-hybridized carbons (Fsp3) is 0.0952. The second-order valence-corrected chi connectivity index (χ2v) is 5.97. The Bertz CT molecular complexity index is 996. The summed E-state index contributed by atoms with van der Waals surface area (Å²) in [5, 5.41) is 2.49. The minimum atomic E-state index is 0.975. The van der Waals surface area contributed by atoms with Crippen molar-refractivity contribution in [3.05, 3.63) is 84.2 Å². The molecule has 0 aliphatic carbocycles. The largest absolute Gasteiger partial charge is 0.300 e. The van der Waals surface area contributed by atoms with E-state index in [0.29, 0.717) is 0 Å². The van der Waals surface area contributed by atoms with Crippen LogP contribution in [0.25, 0.3) is 27.8 Å². The molecule has 1 aromatic heterocycles. The van der Waals surface area contributed by atoms with Crippen LogP contribution in [0.4, 0.5) is 0 Å². The zero-order chi connectivity index (χ0) is 15.8. The van der Waals surface area contributed by atoms with Gasteiger partial charge < -0.3 is 0 Å². The van der Waals surface area contributed by atoms with Crippen molar-refractivity contribution in [1.29, 1.82) is 0 Å². The van der Waals surface area contributed by atoms with Gasteiger partial charge in [-0.1, -0.05) is 54.1 Å². The van der Waals surface area contributed by atoms with Crippen LogP contribution >= 0.6 is 0 Å². The van der Waals surface area contributed by atoms with E-state index in [-0.39, 0.29) is 0 Å². The van der Waals surface area contributed by atoms with Gasteiger partial charge in [0.15, 0.2) is 0 Å². The Balaban J connectivity index is 1.88. The molecule has 0 aliphatic rings. The van der Waals surface area contributed by atoms with Crippen LogP contribution in [0.15, 0.2) is 73.1 Å². The van der Waals surface area contributed by atoms with E-state index in [1.54, 1.807) is 0 Å². The highest BCUT2D eigenvalue weighted by Gasteiger charge is 2.10. The Kier molecular flexibility index (Phi) is 3.23. The number of aryl methyl sites for hydroxylation is 2. The number of aromatic nitrogens is 2. The van der Waals surface area contributed by atoms with Gasteiger partial charge in [-0.25, -0.2) is 4.98 Å². The van der Waals surface area contributed by atoms with E-state index in [0.717, 1.165) is 11.4 Å². The van der Waals surface area contributed by atoms with Crippen LogP contribution in [0.1, 0.15) is 11.1 Å². The number of benzene rings is 3. The summed E-state index contributed by atoms with van der Waals surface area (Å²) < 4.78 is 2.17. The lowest BCUT2D eigenvalue weighted by Gasteiger charge is -2.12. The van der Waals surface area contributed by atoms with Crippen LogP contribution in [0.2, 0.25) is 0 Å². The summed E-state index contributed by atoms with van der Waals surface area (Å²) in [6.07, 6.45) is 3.89. The molecule has 0 spiro atoms. The second kappa shape index (κ2) is 5.40. The quantitative estimate of drug-likeness (QED) is 0.490. The van der Waals surface area contributed by atoms with Gasteiger partial charge in [-0.3, -0.25) is 4.57 Å². The summed E-state index contributed by atoms with van der Waals surface area (Å²) in [5.74, 6) is 0.975. The Morgan fingerprint density at radius 3 is 2.48 bits per heavy atom. The maximum atomic E-state index is 4.60. The number of nitrogens with zero attached hydrogens (tertiary/aromatic N) is 2. The minimum Gasteiger partial charge on any atom is -0.300 e. The third kappa shape index (κ3) is 2.42. The van der Waals surface area contributed by atoms with Crippen molar-refractivity contribution in [3.63, 3.8) is 0 Å². The maximum Gasteiger partial charge on any atom is 0.144 e. The molecular weight excluding hydrogens is 280 g/mol. The molecule has 4 aromatic rings.